The molecule has 0 radical (unpaired) electrons. The summed E-state index contributed by atoms with van der Waals surface area (Å²) in [4.78, 5) is 16.4. The maximum absolute atomic E-state index is 12.0. The first-order chi connectivity index (χ1) is 9.47. The Morgan fingerprint density at radius 1 is 1.40 bits per heavy atom. The SMILES string of the molecule is C[Si](C)(C)CCOCC1C(=O)CSC1c1ccccn1. The van der Waals surface area contributed by atoms with Crippen molar-refractivity contribution in [3.63, 3.8) is 0 Å². The van der Waals surface area contributed by atoms with Crippen molar-refractivity contribution in [1.29, 1.82) is 0 Å². The summed E-state index contributed by atoms with van der Waals surface area (Å²) < 4.78 is 5.79. The van der Waals surface area contributed by atoms with Crippen molar-refractivity contribution in [2.24, 2.45) is 5.92 Å². The molecule has 0 spiro atoms. The van der Waals surface area contributed by atoms with E-state index in [1.165, 1.54) is 0 Å². The van der Waals surface area contributed by atoms with Gasteiger partial charge in [-0.05, 0) is 18.2 Å². The number of hydrogen-bond donors (Lipinski definition) is 0. The molecule has 3 nitrogen and oxygen atoms in total. The lowest BCUT2D eigenvalue weighted by Gasteiger charge is -2.19. The van der Waals surface area contributed by atoms with Gasteiger partial charge in [0.2, 0.25) is 0 Å². The summed E-state index contributed by atoms with van der Waals surface area (Å²) in [5.41, 5.74) is 1.00. The first-order valence-corrected chi connectivity index (χ1v) is 11.9. The number of thioether (sulfide) groups is 1. The van der Waals surface area contributed by atoms with Crippen LogP contribution in [0.1, 0.15) is 10.9 Å². The van der Waals surface area contributed by atoms with Crippen molar-refractivity contribution >= 4 is 25.6 Å². The lowest BCUT2D eigenvalue weighted by Crippen LogP contribution is -2.25. The van der Waals surface area contributed by atoms with Crippen LogP contribution in [0.25, 0.3) is 0 Å². The molecule has 1 aromatic rings. The highest BCUT2D eigenvalue weighted by Gasteiger charge is 2.37. The molecule has 2 unspecified atom stereocenters. The van der Waals surface area contributed by atoms with Crippen LogP contribution in [0, 0.1) is 5.92 Å². The Morgan fingerprint density at radius 2 is 2.20 bits per heavy atom. The third-order valence-corrected chi connectivity index (χ3v) is 6.54. The van der Waals surface area contributed by atoms with Crippen LogP contribution in [0.15, 0.2) is 24.4 Å². The highest BCUT2D eigenvalue weighted by Crippen LogP contribution is 2.41. The van der Waals surface area contributed by atoms with Gasteiger partial charge in [0.15, 0.2) is 0 Å². The van der Waals surface area contributed by atoms with Crippen molar-refractivity contribution in [3.05, 3.63) is 30.1 Å². The third-order valence-electron chi connectivity index (χ3n) is 3.46. The smallest absolute Gasteiger partial charge is 0.149 e. The zero-order valence-electron chi connectivity index (χ0n) is 12.5. The molecular weight excluding hydrogens is 286 g/mol. The molecule has 1 aromatic heterocycles. The van der Waals surface area contributed by atoms with E-state index in [4.69, 9.17) is 4.74 Å². The Labute approximate surface area is 126 Å². The summed E-state index contributed by atoms with van der Waals surface area (Å²) in [6, 6.07) is 7.04. The van der Waals surface area contributed by atoms with Gasteiger partial charge in [0.05, 0.1) is 29.2 Å². The zero-order chi connectivity index (χ0) is 14.6. The molecule has 0 aliphatic carbocycles. The number of nitrogens with zero attached hydrogens (tertiary/aromatic N) is 1. The fourth-order valence-electron chi connectivity index (χ4n) is 2.17. The van der Waals surface area contributed by atoms with Crippen molar-refractivity contribution in [2.45, 2.75) is 30.9 Å². The number of ether oxygens (including phenoxy) is 1. The number of rotatable bonds is 6. The molecule has 1 aliphatic rings. The molecule has 110 valence electrons. The minimum absolute atomic E-state index is 0.0310. The fraction of sp³-hybridized carbons (Fsp3) is 0.600. The van der Waals surface area contributed by atoms with E-state index in [0.717, 1.165) is 18.3 Å². The van der Waals surface area contributed by atoms with E-state index in [2.05, 4.69) is 24.6 Å². The second kappa shape index (κ2) is 6.87. The van der Waals surface area contributed by atoms with E-state index in [9.17, 15) is 4.79 Å². The van der Waals surface area contributed by atoms with Crippen LogP contribution in [0.2, 0.25) is 25.7 Å². The fourth-order valence-corrected chi connectivity index (χ4v) is 4.26. The molecule has 0 aromatic carbocycles. The topological polar surface area (TPSA) is 39.2 Å². The Morgan fingerprint density at radius 3 is 2.85 bits per heavy atom. The average Bonchev–Trinajstić information content (AvgIpc) is 2.76. The van der Waals surface area contributed by atoms with Gasteiger partial charge in [-0.1, -0.05) is 25.7 Å². The van der Waals surface area contributed by atoms with Gasteiger partial charge in [0, 0.05) is 20.9 Å². The highest BCUT2D eigenvalue weighted by molar-refractivity contribution is 8.00. The number of hydrogen-bond acceptors (Lipinski definition) is 4. The van der Waals surface area contributed by atoms with Gasteiger partial charge in [-0.3, -0.25) is 9.78 Å². The Bertz CT molecular complexity index is 447. The monoisotopic (exact) mass is 309 g/mol. The predicted molar refractivity (Wildman–Crippen MR) is 86.9 cm³/mol. The summed E-state index contributed by atoms with van der Waals surface area (Å²) in [6.45, 7) is 8.33. The van der Waals surface area contributed by atoms with E-state index in [1.807, 2.05) is 18.2 Å². The van der Waals surface area contributed by atoms with Crippen LogP contribution >= 0.6 is 11.8 Å². The quantitative estimate of drug-likeness (QED) is 0.596. The van der Waals surface area contributed by atoms with Crippen molar-refractivity contribution in [2.75, 3.05) is 19.0 Å². The Balaban J connectivity index is 1.89. The minimum atomic E-state index is -1.06. The van der Waals surface area contributed by atoms with Crippen LogP contribution in [0.4, 0.5) is 0 Å². The normalized spacial score (nSPS) is 23.2. The molecule has 0 amide bonds. The maximum Gasteiger partial charge on any atom is 0.149 e. The summed E-state index contributed by atoms with van der Waals surface area (Å²) in [5, 5.41) is 0.163. The van der Waals surface area contributed by atoms with Gasteiger partial charge in [-0.2, -0.15) is 0 Å². The predicted octanol–water partition coefficient (Wildman–Crippen LogP) is 3.41. The second-order valence-corrected chi connectivity index (χ2v) is 13.2. The molecule has 2 rings (SSSR count). The molecule has 0 bridgehead atoms. The van der Waals surface area contributed by atoms with Crippen LogP contribution in [0.3, 0.4) is 0 Å². The van der Waals surface area contributed by atoms with Gasteiger partial charge < -0.3 is 4.74 Å². The molecule has 1 aliphatic heterocycles. The first-order valence-electron chi connectivity index (χ1n) is 7.10. The van der Waals surface area contributed by atoms with Crippen molar-refractivity contribution in [1.82, 2.24) is 4.98 Å². The molecule has 0 N–H and O–H groups in total. The molecule has 0 saturated carbocycles. The lowest BCUT2D eigenvalue weighted by atomic mass is 9.99. The van der Waals surface area contributed by atoms with E-state index in [1.54, 1.807) is 18.0 Å². The molecule has 5 heteroatoms. The van der Waals surface area contributed by atoms with Gasteiger partial charge in [0.1, 0.15) is 5.78 Å². The number of ketones is 1. The molecule has 2 heterocycles. The number of pyridine rings is 1. The number of carbonyl (C=O) groups excluding carboxylic acids is 1. The molecule has 2 atom stereocenters. The van der Waals surface area contributed by atoms with E-state index < -0.39 is 8.07 Å². The van der Waals surface area contributed by atoms with Gasteiger partial charge in [-0.15, -0.1) is 11.8 Å². The van der Waals surface area contributed by atoms with Crippen molar-refractivity contribution < 1.29 is 9.53 Å². The standard InChI is InChI=1S/C15H23NO2SSi/c1-20(2,3)9-8-18-10-12-14(17)11-19-15(12)13-6-4-5-7-16-13/h4-7,12,15H,8-11H2,1-3H3. The number of aromatic nitrogens is 1. The van der Waals surface area contributed by atoms with Crippen molar-refractivity contribution in [3.8, 4) is 0 Å². The number of carbonyl (C=O) groups is 1. The van der Waals surface area contributed by atoms with E-state index in [0.29, 0.717) is 18.1 Å². The summed E-state index contributed by atoms with van der Waals surface area (Å²) >= 11 is 1.69. The average molecular weight is 310 g/mol. The van der Waals surface area contributed by atoms with Crippen LogP contribution in [-0.4, -0.2) is 37.8 Å². The van der Waals surface area contributed by atoms with Crippen LogP contribution < -0.4 is 0 Å². The summed E-state index contributed by atoms with van der Waals surface area (Å²) in [5.74, 6) is 0.860. The van der Waals surface area contributed by atoms with Gasteiger partial charge in [0.25, 0.3) is 0 Å². The van der Waals surface area contributed by atoms with Gasteiger partial charge in [-0.25, -0.2) is 0 Å². The molecule has 20 heavy (non-hydrogen) atoms. The number of Topliss-reactive ketones (excluding diaryl/α,β-unsaturated/α-hetero) is 1. The molecule has 1 fully saturated rings. The third kappa shape index (κ3) is 4.43. The summed E-state index contributed by atoms with van der Waals surface area (Å²) in [6.07, 6.45) is 1.79. The van der Waals surface area contributed by atoms with Gasteiger partial charge >= 0.3 is 0 Å². The highest BCUT2D eigenvalue weighted by atomic mass is 32.2. The second-order valence-electron chi connectivity index (χ2n) is 6.44. The largest absolute Gasteiger partial charge is 0.381 e. The maximum atomic E-state index is 12.0. The van der Waals surface area contributed by atoms with E-state index >= 15 is 0 Å². The first kappa shape index (κ1) is 15.7. The molecule has 1 saturated heterocycles. The minimum Gasteiger partial charge on any atom is -0.381 e. The van der Waals surface area contributed by atoms with Crippen LogP contribution in [-0.2, 0) is 9.53 Å². The molecular formula is C15H23NO2SSi. The Hall–Kier alpha value is -0.653. The van der Waals surface area contributed by atoms with E-state index in [-0.39, 0.29) is 11.2 Å². The zero-order valence-corrected chi connectivity index (χ0v) is 14.3. The Kier molecular flexibility index (Phi) is 5.40. The van der Waals surface area contributed by atoms with Crippen LogP contribution in [0.5, 0.6) is 0 Å². The lowest BCUT2D eigenvalue weighted by molar-refractivity contribution is -0.121. The summed E-state index contributed by atoms with van der Waals surface area (Å²) in [7, 11) is -1.06.